The second-order valence-electron chi connectivity index (χ2n) is 8.24. The van der Waals surface area contributed by atoms with E-state index in [1.165, 1.54) is 11.9 Å². The van der Waals surface area contributed by atoms with Crippen LogP contribution >= 0.6 is 0 Å². The van der Waals surface area contributed by atoms with Gasteiger partial charge in [0.05, 0.1) is 11.4 Å². The summed E-state index contributed by atoms with van der Waals surface area (Å²) in [7, 11) is -2.53. The highest BCUT2D eigenvalue weighted by Crippen LogP contribution is 2.21. The Balaban J connectivity index is 1.82. The largest absolute Gasteiger partial charge is 0.354 e. The summed E-state index contributed by atoms with van der Waals surface area (Å²) < 4.78 is 27.5. The third-order valence-electron chi connectivity index (χ3n) is 5.70. The summed E-state index contributed by atoms with van der Waals surface area (Å²) in [6.45, 7) is 3.93. The molecule has 0 radical (unpaired) electrons. The minimum Gasteiger partial charge on any atom is -0.354 e. The Morgan fingerprint density at radius 1 is 0.941 bits per heavy atom. The Bertz CT molecular complexity index is 1250. The summed E-state index contributed by atoms with van der Waals surface area (Å²) >= 11 is 0. The van der Waals surface area contributed by atoms with Gasteiger partial charge in [0.15, 0.2) is 0 Å². The number of nitrogens with zero attached hydrogens (tertiary/aromatic N) is 2. The van der Waals surface area contributed by atoms with Crippen LogP contribution in [0.1, 0.15) is 25.8 Å². The molecule has 0 unspecified atom stereocenters. The summed E-state index contributed by atoms with van der Waals surface area (Å²) in [5.41, 5.74) is 0.853. The topological polar surface area (TPSA) is 86.8 Å². The predicted molar refractivity (Wildman–Crippen MR) is 134 cm³/mol. The molecule has 2 amide bonds. The van der Waals surface area contributed by atoms with Gasteiger partial charge in [0.2, 0.25) is 21.8 Å². The predicted octanol–water partition coefficient (Wildman–Crippen LogP) is 3.40. The molecule has 0 aliphatic carbocycles. The number of amides is 2. The van der Waals surface area contributed by atoms with E-state index < -0.39 is 22.0 Å². The van der Waals surface area contributed by atoms with Crippen molar-refractivity contribution in [2.45, 2.75) is 37.8 Å². The molecular weight excluding hydrogens is 450 g/mol. The Kier molecular flexibility index (Phi) is 8.41. The molecule has 0 fully saturated rings. The maximum Gasteiger partial charge on any atom is 0.243 e. The average molecular weight is 482 g/mol. The number of rotatable bonds is 10. The Morgan fingerprint density at radius 2 is 1.59 bits per heavy atom. The summed E-state index contributed by atoms with van der Waals surface area (Å²) in [4.78, 5) is 27.5. The fourth-order valence-electron chi connectivity index (χ4n) is 3.63. The summed E-state index contributed by atoms with van der Waals surface area (Å²) in [6, 6.07) is 21.0. The third-order valence-corrected chi connectivity index (χ3v) is 7.50. The van der Waals surface area contributed by atoms with Gasteiger partial charge in [0.1, 0.15) is 6.04 Å². The van der Waals surface area contributed by atoms with Crippen molar-refractivity contribution in [1.82, 2.24) is 14.5 Å². The van der Waals surface area contributed by atoms with Gasteiger partial charge in [-0.25, -0.2) is 8.42 Å². The molecule has 0 aliphatic rings. The van der Waals surface area contributed by atoms with Gasteiger partial charge in [-0.1, -0.05) is 67.6 Å². The van der Waals surface area contributed by atoms with Crippen molar-refractivity contribution in [3.8, 4) is 0 Å². The van der Waals surface area contributed by atoms with E-state index in [1.807, 2.05) is 61.5 Å². The van der Waals surface area contributed by atoms with Gasteiger partial charge in [-0.05, 0) is 41.8 Å². The number of hydrogen-bond donors (Lipinski definition) is 1. The quantitative estimate of drug-likeness (QED) is 0.481. The lowest BCUT2D eigenvalue weighted by Crippen LogP contribution is -2.50. The maximum atomic E-state index is 13.3. The van der Waals surface area contributed by atoms with E-state index >= 15 is 0 Å². The normalized spacial score (nSPS) is 12.5. The number of carbonyl (C=O) groups is 2. The molecule has 180 valence electrons. The first kappa shape index (κ1) is 25.4. The third kappa shape index (κ3) is 6.01. The first-order valence-corrected chi connectivity index (χ1v) is 12.7. The molecule has 0 spiro atoms. The molecule has 0 saturated carbocycles. The molecule has 0 aromatic heterocycles. The van der Waals surface area contributed by atoms with E-state index in [0.717, 1.165) is 27.1 Å². The molecule has 0 heterocycles. The van der Waals surface area contributed by atoms with E-state index in [-0.39, 0.29) is 23.9 Å². The molecule has 0 bridgehead atoms. The zero-order chi connectivity index (χ0) is 24.7. The number of carbonyl (C=O) groups excluding carboxylic acids is 2. The highest BCUT2D eigenvalue weighted by atomic mass is 32.2. The molecular formula is C26H31N3O4S. The number of benzene rings is 3. The van der Waals surface area contributed by atoms with Crippen LogP contribution in [0.5, 0.6) is 0 Å². The lowest BCUT2D eigenvalue weighted by molar-refractivity contribution is -0.140. The van der Waals surface area contributed by atoms with Gasteiger partial charge in [-0.2, -0.15) is 4.31 Å². The van der Waals surface area contributed by atoms with Crippen molar-refractivity contribution in [1.29, 1.82) is 0 Å². The molecule has 3 rings (SSSR count). The van der Waals surface area contributed by atoms with Crippen molar-refractivity contribution in [2.75, 3.05) is 20.1 Å². The van der Waals surface area contributed by atoms with Gasteiger partial charge in [0.25, 0.3) is 0 Å². The number of fused-ring (bicyclic) bond motifs is 1. The highest BCUT2D eigenvalue weighted by Gasteiger charge is 2.30. The number of nitrogens with one attached hydrogen (secondary N) is 1. The monoisotopic (exact) mass is 481 g/mol. The second kappa shape index (κ2) is 11.3. The van der Waals surface area contributed by atoms with E-state index in [0.29, 0.717) is 6.54 Å². The first-order chi connectivity index (χ1) is 16.2. The fraction of sp³-hybridized carbons (Fsp3) is 0.308. The number of sulfonamides is 1. The molecule has 3 aromatic rings. The van der Waals surface area contributed by atoms with Gasteiger partial charge in [-0.15, -0.1) is 0 Å². The van der Waals surface area contributed by atoms with Crippen molar-refractivity contribution in [2.24, 2.45) is 0 Å². The van der Waals surface area contributed by atoms with Crippen LogP contribution in [0.15, 0.2) is 77.7 Å². The summed E-state index contributed by atoms with van der Waals surface area (Å²) in [5.74, 6) is -0.721. The molecule has 1 N–H and O–H groups in total. The van der Waals surface area contributed by atoms with E-state index in [4.69, 9.17) is 0 Å². The van der Waals surface area contributed by atoms with Crippen LogP contribution in [0, 0.1) is 0 Å². The maximum absolute atomic E-state index is 13.3. The molecule has 7 nitrogen and oxygen atoms in total. The summed E-state index contributed by atoms with van der Waals surface area (Å²) in [5, 5.41) is 4.55. The van der Waals surface area contributed by atoms with E-state index in [2.05, 4.69) is 5.32 Å². The number of likely N-dealkylation sites (N-methyl/N-ethyl adjacent to an activating group) is 1. The Hall–Kier alpha value is -3.23. The van der Waals surface area contributed by atoms with Gasteiger partial charge >= 0.3 is 0 Å². The zero-order valence-electron chi connectivity index (χ0n) is 19.8. The van der Waals surface area contributed by atoms with Crippen LogP contribution in [0.3, 0.4) is 0 Å². The Morgan fingerprint density at radius 3 is 2.26 bits per heavy atom. The SMILES string of the molecule is CCCNC(=O)[C@@H](C)N(Cc1ccccc1)C(=O)CN(C)S(=O)(=O)c1ccc2ccccc2c1. The fourth-order valence-corrected chi connectivity index (χ4v) is 4.79. The smallest absolute Gasteiger partial charge is 0.243 e. The Labute approximate surface area is 201 Å². The van der Waals surface area contributed by atoms with E-state index in [1.54, 1.807) is 25.1 Å². The number of hydrogen-bond acceptors (Lipinski definition) is 4. The molecule has 8 heteroatoms. The van der Waals surface area contributed by atoms with Crippen LogP contribution in [0.25, 0.3) is 10.8 Å². The molecule has 34 heavy (non-hydrogen) atoms. The van der Waals surface area contributed by atoms with Crippen LogP contribution in [0.2, 0.25) is 0 Å². The van der Waals surface area contributed by atoms with Gasteiger partial charge in [0, 0.05) is 20.1 Å². The minimum absolute atomic E-state index is 0.116. The van der Waals surface area contributed by atoms with Gasteiger partial charge < -0.3 is 10.2 Å². The molecule has 0 saturated heterocycles. The highest BCUT2D eigenvalue weighted by molar-refractivity contribution is 7.89. The lowest BCUT2D eigenvalue weighted by Gasteiger charge is -2.30. The van der Waals surface area contributed by atoms with Crippen molar-refractivity contribution < 1.29 is 18.0 Å². The average Bonchev–Trinajstić information content (AvgIpc) is 2.85. The molecule has 1 atom stereocenters. The van der Waals surface area contributed by atoms with E-state index in [9.17, 15) is 18.0 Å². The van der Waals surface area contributed by atoms with Crippen LogP contribution in [-0.4, -0.2) is 55.6 Å². The summed E-state index contributed by atoms with van der Waals surface area (Å²) in [6.07, 6.45) is 0.776. The first-order valence-electron chi connectivity index (χ1n) is 11.3. The lowest BCUT2D eigenvalue weighted by atomic mass is 10.1. The van der Waals surface area contributed by atoms with Crippen LogP contribution in [-0.2, 0) is 26.2 Å². The van der Waals surface area contributed by atoms with Gasteiger partial charge in [-0.3, -0.25) is 9.59 Å². The minimum atomic E-state index is -3.91. The standard InChI is InChI=1S/C26H31N3O4S/c1-4-16-27-26(31)20(2)29(18-21-10-6-5-7-11-21)25(30)19-28(3)34(32,33)24-15-14-22-12-8-9-13-23(22)17-24/h5-15,17,20H,4,16,18-19H2,1-3H3,(H,27,31)/t20-/m1/s1. The van der Waals surface area contributed by atoms with Crippen LogP contribution < -0.4 is 5.32 Å². The molecule has 3 aromatic carbocycles. The molecule has 0 aliphatic heterocycles. The zero-order valence-corrected chi connectivity index (χ0v) is 20.6. The second-order valence-corrected chi connectivity index (χ2v) is 10.3. The van der Waals surface area contributed by atoms with Crippen molar-refractivity contribution in [3.05, 3.63) is 78.4 Å². The van der Waals surface area contributed by atoms with Crippen molar-refractivity contribution >= 4 is 32.6 Å². The van der Waals surface area contributed by atoms with Crippen LogP contribution in [0.4, 0.5) is 0 Å². The van der Waals surface area contributed by atoms with Crippen molar-refractivity contribution in [3.63, 3.8) is 0 Å².